The van der Waals surface area contributed by atoms with E-state index in [9.17, 15) is 4.79 Å². The second-order valence-corrected chi connectivity index (χ2v) is 4.39. The quantitative estimate of drug-likeness (QED) is 0.813. The van der Waals surface area contributed by atoms with Crippen molar-refractivity contribution in [3.05, 3.63) is 42.3 Å². The zero-order valence-corrected chi connectivity index (χ0v) is 10.0. The molecule has 0 saturated carbocycles. The Kier molecular flexibility index (Phi) is 2.84. The molecule has 0 bridgehead atoms. The second kappa shape index (κ2) is 4.64. The van der Waals surface area contributed by atoms with Crippen LogP contribution in [0.25, 0.3) is 11.5 Å². The maximum absolute atomic E-state index is 12.1. The zero-order chi connectivity index (χ0) is 12.4. The molecule has 2 heterocycles. The number of likely N-dealkylation sites (tertiary alicyclic amines) is 1. The summed E-state index contributed by atoms with van der Waals surface area (Å²) in [6, 6.07) is 9.59. The van der Waals surface area contributed by atoms with Gasteiger partial charge in [-0.1, -0.05) is 18.2 Å². The van der Waals surface area contributed by atoms with Crippen LogP contribution in [0.5, 0.6) is 0 Å². The minimum absolute atomic E-state index is 0.0535. The topological polar surface area (TPSA) is 46.3 Å². The van der Waals surface area contributed by atoms with E-state index in [0.717, 1.165) is 31.5 Å². The normalized spacial score (nSPS) is 15.0. The van der Waals surface area contributed by atoms with Crippen molar-refractivity contribution in [2.45, 2.75) is 12.8 Å². The number of carbonyl (C=O) groups excluding carboxylic acids is 1. The van der Waals surface area contributed by atoms with Crippen LogP contribution in [0.1, 0.15) is 23.4 Å². The van der Waals surface area contributed by atoms with E-state index >= 15 is 0 Å². The molecule has 0 N–H and O–H groups in total. The predicted octanol–water partition coefficient (Wildman–Crippen LogP) is 2.58. The summed E-state index contributed by atoms with van der Waals surface area (Å²) in [4.78, 5) is 18.1. The van der Waals surface area contributed by atoms with E-state index in [1.54, 1.807) is 0 Å². The molecule has 1 aliphatic heterocycles. The molecular weight excluding hydrogens is 228 g/mol. The summed E-state index contributed by atoms with van der Waals surface area (Å²) in [5.41, 5.74) is 0.887. The molecule has 0 aliphatic carbocycles. The summed E-state index contributed by atoms with van der Waals surface area (Å²) in [6.45, 7) is 1.64. The first-order chi connectivity index (χ1) is 8.84. The number of hydrogen-bond acceptors (Lipinski definition) is 3. The van der Waals surface area contributed by atoms with Crippen molar-refractivity contribution in [3.8, 4) is 11.5 Å². The van der Waals surface area contributed by atoms with Gasteiger partial charge in [-0.3, -0.25) is 4.79 Å². The van der Waals surface area contributed by atoms with Crippen LogP contribution in [0.2, 0.25) is 0 Å². The van der Waals surface area contributed by atoms with Gasteiger partial charge in [0.2, 0.25) is 11.7 Å². The van der Waals surface area contributed by atoms with Crippen molar-refractivity contribution in [1.29, 1.82) is 0 Å². The third-order valence-corrected chi connectivity index (χ3v) is 3.13. The number of nitrogens with zero attached hydrogens (tertiary/aromatic N) is 2. The average Bonchev–Trinajstić information content (AvgIpc) is 3.10. The molecule has 92 valence electrons. The fourth-order valence-electron chi connectivity index (χ4n) is 2.16. The van der Waals surface area contributed by atoms with Gasteiger partial charge in [0.15, 0.2) is 0 Å². The monoisotopic (exact) mass is 242 g/mol. The molecule has 18 heavy (non-hydrogen) atoms. The Balaban J connectivity index is 1.83. The van der Waals surface area contributed by atoms with E-state index in [1.165, 1.54) is 6.20 Å². The number of rotatable bonds is 2. The summed E-state index contributed by atoms with van der Waals surface area (Å²) in [6.07, 6.45) is 3.67. The highest BCUT2D eigenvalue weighted by Crippen LogP contribution is 2.20. The lowest BCUT2D eigenvalue weighted by atomic mass is 10.2. The van der Waals surface area contributed by atoms with Gasteiger partial charge < -0.3 is 9.32 Å². The zero-order valence-electron chi connectivity index (χ0n) is 10.0. The molecule has 1 fully saturated rings. The SMILES string of the molecule is O=C(c1cnc(-c2ccccc2)o1)N1CCCC1. The predicted molar refractivity (Wildman–Crippen MR) is 67.1 cm³/mol. The maximum atomic E-state index is 12.1. The van der Waals surface area contributed by atoms with Gasteiger partial charge in [-0.15, -0.1) is 0 Å². The lowest BCUT2D eigenvalue weighted by Gasteiger charge is -2.12. The molecular formula is C14H14N2O2. The minimum Gasteiger partial charge on any atom is -0.431 e. The Morgan fingerprint density at radius 3 is 2.61 bits per heavy atom. The van der Waals surface area contributed by atoms with E-state index < -0.39 is 0 Å². The standard InChI is InChI=1S/C14H14N2O2/c17-14(16-8-4-5-9-16)12-10-15-13(18-12)11-6-2-1-3-7-11/h1-3,6-7,10H,4-5,8-9H2. The number of carbonyl (C=O) groups is 1. The third-order valence-electron chi connectivity index (χ3n) is 3.13. The van der Waals surface area contributed by atoms with Crippen molar-refractivity contribution >= 4 is 5.91 Å². The molecule has 1 aromatic heterocycles. The molecule has 1 aromatic carbocycles. The first-order valence-electron chi connectivity index (χ1n) is 6.15. The van der Waals surface area contributed by atoms with Gasteiger partial charge in [-0.2, -0.15) is 0 Å². The van der Waals surface area contributed by atoms with Crippen molar-refractivity contribution < 1.29 is 9.21 Å². The van der Waals surface area contributed by atoms with Gasteiger partial charge in [-0.05, 0) is 25.0 Å². The lowest BCUT2D eigenvalue weighted by molar-refractivity contribution is 0.0762. The summed E-state index contributed by atoms with van der Waals surface area (Å²) < 4.78 is 5.54. The molecule has 3 rings (SSSR count). The van der Waals surface area contributed by atoms with E-state index in [1.807, 2.05) is 35.2 Å². The van der Waals surface area contributed by atoms with Crippen LogP contribution in [-0.2, 0) is 0 Å². The van der Waals surface area contributed by atoms with Crippen LogP contribution < -0.4 is 0 Å². The number of hydrogen-bond donors (Lipinski definition) is 0. The fourth-order valence-corrected chi connectivity index (χ4v) is 2.16. The number of aromatic nitrogens is 1. The van der Waals surface area contributed by atoms with Crippen molar-refractivity contribution in [2.75, 3.05) is 13.1 Å². The first kappa shape index (κ1) is 11.0. The molecule has 1 aliphatic rings. The van der Waals surface area contributed by atoms with E-state index in [4.69, 9.17) is 4.42 Å². The summed E-state index contributed by atoms with van der Waals surface area (Å²) >= 11 is 0. The molecule has 1 saturated heterocycles. The Morgan fingerprint density at radius 1 is 1.17 bits per heavy atom. The van der Waals surface area contributed by atoms with Gasteiger partial charge >= 0.3 is 0 Å². The summed E-state index contributed by atoms with van der Waals surface area (Å²) in [5, 5.41) is 0. The molecule has 0 atom stereocenters. The van der Waals surface area contributed by atoms with Gasteiger partial charge in [0.05, 0.1) is 6.20 Å². The molecule has 4 heteroatoms. The van der Waals surface area contributed by atoms with E-state index in [2.05, 4.69) is 4.98 Å². The van der Waals surface area contributed by atoms with Crippen LogP contribution in [0, 0.1) is 0 Å². The highest BCUT2D eigenvalue weighted by atomic mass is 16.4. The van der Waals surface area contributed by atoms with Crippen molar-refractivity contribution in [1.82, 2.24) is 9.88 Å². The molecule has 2 aromatic rings. The number of benzene rings is 1. The summed E-state index contributed by atoms with van der Waals surface area (Å²) in [7, 11) is 0. The van der Waals surface area contributed by atoms with Crippen LogP contribution in [0.3, 0.4) is 0 Å². The maximum Gasteiger partial charge on any atom is 0.291 e. The Labute approximate surface area is 105 Å². The van der Waals surface area contributed by atoms with Crippen LogP contribution in [-0.4, -0.2) is 28.9 Å². The van der Waals surface area contributed by atoms with Crippen LogP contribution in [0.15, 0.2) is 40.9 Å². The number of oxazole rings is 1. The van der Waals surface area contributed by atoms with Crippen molar-refractivity contribution in [2.24, 2.45) is 0 Å². The van der Waals surface area contributed by atoms with E-state index in [0.29, 0.717) is 11.7 Å². The van der Waals surface area contributed by atoms with E-state index in [-0.39, 0.29) is 5.91 Å². The Morgan fingerprint density at radius 2 is 1.89 bits per heavy atom. The fraction of sp³-hybridized carbons (Fsp3) is 0.286. The molecule has 1 amide bonds. The molecule has 0 unspecified atom stereocenters. The van der Waals surface area contributed by atoms with Crippen LogP contribution >= 0.6 is 0 Å². The van der Waals surface area contributed by atoms with Crippen molar-refractivity contribution in [3.63, 3.8) is 0 Å². The Hall–Kier alpha value is -2.10. The summed E-state index contributed by atoms with van der Waals surface area (Å²) in [5.74, 6) is 0.774. The van der Waals surface area contributed by atoms with Gasteiger partial charge in [0.25, 0.3) is 5.91 Å². The molecule has 4 nitrogen and oxygen atoms in total. The van der Waals surface area contributed by atoms with Gasteiger partial charge in [0.1, 0.15) is 0 Å². The third kappa shape index (κ3) is 2.01. The van der Waals surface area contributed by atoms with Gasteiger partial charge in [0, 0.05) is 18.7 Å². The highest BCUT2D eigenvalue weighted by molar-refractivity contribution is 5.91. The Bertz CT molecular complexity index is 542. The first-order valence-corrected chi connectivity index (χ1v) is 6.15. The molecule has 0 spiro atoms. The van der Waals surface area contributed by atoms with Gasteiger partial charge in [-0.25, -0.2) is 4.98 Å². The largest absolute Gasteiger partial charge is 0.431 e. The number of amides is 1. The minimum atomic E-state index is -0.0535. The lowest BCUT2D eigenvalue weighted by Crippen LogP contribution is -2.27. The molecule has 0 radical (unpaired) electrons. The van der Waals surface area contributed by atoms with Crippen LogP contribution in [0.4, 0.5) is 0 Å². The smallest absolute Gasteiger partial charge is 0.291 e. The highest BCUT2D eigenvalue weighted by Gasteiger charge is 2.22. The average molecular weight is 242 g/mol. The second-order valence-electron chi connectivity index (χ2n) is 4.39.